The first-order chi connectivity index (χ1) is 7.61. The van der Waals surface area contributed by atoms with Crippen molar-refractivity contribution in [2.24, 2.45) is 11.8 Å². The molecule has 0 heterocycles. The molecule has 0 saturated heterocycles. The first-order valence-electron chi connectivity index (χ1n) is 6.15. The summed E-state index contributed by atoms with van der Waals surface area (Å²) >= 11 is 0. The Morgan fingerprint density at radius 3 is 2.75 bits per heavy atom. The zero-order valence-electron chi connectivity index (χ0n) is 10.2. The van der Waals surface area contributed by atoms with Gasteiger partial charge in [-0.2, -0.15) is 0 Å². The maximum absolute atomic E-state index is 10.7. The smallest absolute Gasteiger partial charge is 0.308 e. The van der Waals surface area contributed by atoms with Crippen molar-refractivity contribution in [2.45, 2.75) is 39.2 Å². The Morgan fingerprint density at radius 2 is 2.25 bits per heavy atom. The van der Waals surface area contributed by atoms with Gasteiger partial charge in [-0.05, 0) is 31.7 Å². The highest BCUT2D eigenvalue weighted by Gasteiger charge is 2.35. The molecule has 2 unspecified atom stereocenters. The van der Waals surface area contributed by atoms with Crippen LogP contribution in [0.2, 0.25) is 0 Å². The third-order valence-electron chi connectivity index (χ3n) is 2.91. The van der Waals surface area contributed by atoms with Crippen LogP contribution in [0.4, 0.5) is 0 Å². The zero-order chi connectivity index (χ0) is 12.0. The van der Waals surface area contributed by atoms with Crippen LogP contribution in [-0.4, -0.2) is 36.9 Å². The summed E-state index contributed by atoms with van der Waals surface area (Å²) < 4.78 is 5.45. The fourth-order valence-electron chi connectivity index (χ4n) is 1.82. The molecule has 0 amide bonds. The van der Waals surface area contributed by atoms with Crippen molar-refractivity contribution in [3.8, 4) is 0 Å². The number of rotatable bonds is 8. The highest BCUT2D eigenvalue weighted by Crippen LogP contribution is 2.27. The minimum Gasteiger partial charge on any atom is -0.481 e. The van der Waals surface area contributed by atoms with E-state index >= 15 is 0 Å². The number of hydrogen-bond donors (Lipinski definition) is 2. The molecule has 0 aromatic carbocycles. The summed E-state index contributed by atoms with van der Waals surface area (Å²) in [6.45, 7) is 6.68. The molecule has 4 heteroatoms. The van der Waals surface area contributed by atoms with Crippen LogP contribution in [-0.2, 0) is 9.53 Å². The van der Waals surface area contributed by atoms with Gasteiger partial charge < -0.3 is 15.2 Å². The van der Waals surface area contributed by atoms with E-state index in [0.717, 1.165) is 39.0 Å². The Labute approximate surface area is 97.4 Å². The van der Waals surface area contributed by atoms with E-state index in [1.165, 1.54) is 0 Å². The molecular formula is C12H23NO3. The van der Waals surface area contributed by atoms with Gasteiger partial charge >= 0.3 is 5.97 Å². The minimum absolute atomic E-state index is 0.170. The van der Waals surface area contributed by atoms with Crippen molar-refractivity contribution < 1.29 is 14.6 Å². The van der Waals surface area contributed by atoms with E-state index in [1.807, 2.05) is 0 Å². The molecule has 0 aromatic rings. The van der Waals surface area contributed by atoms with E-state index < -0.39 is 5.97 Å². The van der Waals surface area contributed by atoms with Crippen LogP contribution in [0.3, 0.4) is 0 Å². The lowest BCUT2D eigenvalue weighted by Gasteiger charge is -2.34. The maximum Gasteiger partial charge on any atom is 0.308 e. The molecule has 0 aliphatic heterocycles. The summed E-state index contributed by atoms with van der Waals surface area (Å²) in [5.41, 5.74) is 0. The molecule has 94 valence electrons. The number of carboxylic acids is 1. The fourth-order valence-corrected chi connectivity index (χ4v) is 1.82. The summed E-state index contributed by atoms with van der Waals surface area (Å²) in [7, 11) is 0. The number of carboxylic acid groups (broad SMARTS) is 1. The molecule has 0 spiro atoms. The fraction of sp³-hybridized carbons (Fsp3) is 0.917. The Morgan fingerprint density at radius 1 is 1.50 bits per heavy atom. The summed E-state index contributed by atoms with van der Waals surface area (Å²) in [4.78, 5) is 10.7. The average Bonchev–Trinajstić information content (AvgIpc) is 2.13. The molecule has 1 aliphatic rings. The van der Waals surface area contributed by atoms with Gasteiger partial charge in [0.2, 0.25) is 0 Å². The second-order valence-electron chi connectivity index (χ2n) is 4.91. The SMILES string of the molecule is CC(C)COCCCNC1CCC1C(=O)O. The number of nitrogens with one attached hydrogen (secondary N) is 1. The molecule has 2 N–H and O–H groups in total. The van der Waals surface area contributed by atoms with Crippen LogP contribution in [0.5, 0.6) is 0 Å². The van der Waals surface area contributed by atoms with E-state index in [-0.39, 0.29) is 12.0 Å². The number of carbonyl (C=O) groups is 1. The number of aliphatic carboxylic acids is 1. The third kappa shape index (κ3) is 4.49. The molecule has 1 fully saturated rings. The van der Waals surface area contributed by atoms with Gasteiger partial charge in [-0.3, -0.25) is 4.79 Å². The van der Waals surface area contributed by atoms with E-state index in [9.17, 15) is 4.79 Å². The average molecular weight is 229 g/mol. The first-order valence-corrected chi connectivity index (χ1v) is 6.15. The highest BCUT2D eigenvalue weighted by molar-refractivity contribution is 5.72. The van der Waals surface area contributed by atoms with Crippen molar-refractivity contribution >= 4 is 5.97 Å². The van der Waals surface area contributed by atoms with Crippen molar-refractivity contribution in [3.05, 3.63) is 0 Å². The van der Waals surface area contributed by atoms with Gasteiger partial charge in [0.25, 0.3) is 0 Å². The van der Waals surface area contributed by atoms with E-state index in [0.29, 0.717) is 5.92 Å². The van der Waals surface area contributed by atoms with Crippen molar-refractivity contribution in [1.29, 1.82) is 0 Å². The Bertz CT molecular complexity index is 218. The predicted molar refractivity (Wildman–Crippen MR) is 62.4 cm³/mol. The molecule has 0 bridgehead atoms. The van der Waals surface area contributed by atoms with E-state index in [2.05, 4.69) is 19.2 Å². The van der Waals surface area contributed by atoms with Crippen molar-refractivity contribution in [3.63, 3.8) is 0 Å². The van der Waals surface area contributed by atoms with Crippen LogP contribution in [0.1, 0.15) is 33.1 Å². The third-order valence-corrected chi connectivity index (χ3v) is 2.91. The topological polar surface area (TPSA) is 58.6 Å². The van der Waals surface area contributed by atoms with Gasteiger partial charge in [0.15, 0.2) is 0 Å². The monoisotopic (exact) mass is 229 g/mol. The molecule has 4 nitrogen and oxygen atoms in total. The van der Waals surface area contributed by atoms with Crippen LogP contribution in [0.25, 0.3) is 0 Å². The number of ether oxygens (including phenoxy) is 1. The normalized spacial score (nSPS) is 24.4. The zero-order valence-corrected chi connectivity index (χ0v) is 10.2. The molecule has 0 radical (unpaired) electrons. The maximum atomic E-state index is 10.7. The minimum atomic E-state index is -0.667. The first kappa shape index (κ1) is 13.5. The lowest BCUT2D eigenvalue weighted by molar-refractivity contribution is -0.146. The molecule has 1 aliphatic carbocycles. The number of hydrogen-bond acceptors (Lipinski definition) is 3. The Hall–Kier alpha value is -0.610. The van der Waals surface area contributed by atoms with E-state index in [1.54, 1.807) is 0 Å². The molecule has 2 atom stereocenters. The van der Waals surface area contributed by atoms with Gasteiger partial charge in [-0.1, -0.05) is 13.8 Å². The van der Waals surface area contributed by atoms with Crippen LogP contribution < -0.4 is 5.32 Å². The molecule has 1 saturated carbocycles. The molecular weight excluding hydrogens is 206 g/mol. The lowest BCUT2D eigenvalue weighted by atomic mass is 9.79. The molecule has 0 aromatic heterocycles. The van der Waals surface area contributed by atoms with Crippen LogP contribution in [0.15, 0.2) is 0 Å². The summed E-state index contributed by atoms with van der Waals surface area (Å²) in [6.07, 6.45) is 2.76. The van der Waals surface area contributed by atoms with Gasteiger partial charge in [0.1, 0.15) is 0 Å². The summed E-state index contributed by atoms with van der Waals surface area (Å²) in [6, 6.07) is 0.183. The second kappa shape index (κ2) is 6.86. The van der Waals surface area contributed by atoms with Gasteiger partial charge in [0.05, 0.1) is 5.92 Å². The predicted octanol–water partition coefficient (Wildman–Crippen LogP) is 1.50. The molecule has 1 rings (SSSR count). The van der Waals surface area contributed by atoms with Crippen LogP contribution in [0, 0.1) is 11.8 Å². The standard InChI is InChI=1S/C12H23NO3/c1-9(2)8-16-7-3-6-13-11-5-4-10(11)12(14)15/h9-11,13H,3-8H2,1-2H3,(H,14,15). The molecule has 16 heavy (non-hydrogen) atoms. The Kier molecular flexibility index (Phi) is 5.77. The summed E-state index contributed by atoms with van der Waals surface area (Å²) in [5.74, 6) is -0.257. The van der Waals surface area contributed by atoms with Gasteiger partial charge in [-0.15, -0.1) is 0 Å². The van der Waals surface area contributed by atoms with Crippen molar-refractivity contribution in [1.82, 2.24) is 5.32 Å². The van der Waals surface area contributed by atoms with Gasteiger partial charge in [0, 0.05) is 19.3 Å². The Balaban J connectivity index is 1.94. The van der Waals surface area contributed by atoms with Gasteiger partial charge in [-0.25, -0.2) is 0 Å². The largest absolute Gasteiger partial charge is 0.481 e. The van der Waals surface area contributed by atoms with Crippen molar-refractivity contribution in [2.75, 3.05) is 19.8 Å². The van der Waals surface area contributed by atoms with E-state index in [4.69, 9.17) is 9.84 Å². The highest BCUT2D eigenvalue weighted by atomic mass is 16.5. The summed E-state index contributed by atoms with van der Waals surface area (Å²) in [5, 5.41) is 12.1. The quantitative estimate of drug-likeness (QED) is 0.619. The lowest BCUT2D eigenvalue weighted by Crippen LogP contribution is -2.48. The van der Waals surface area contributed by atoms with Crippen LogP contribution >= 0.6 is 0 Å². The second-order valence-corrected chi connectivity index (χ2v) is 4.91.